The molecule has 8 nitrogen and oxygen atoms in total. The van der Waals surface area contributed by atoms with Gasteiger partial charge in [-0.2, -0.15) is 0 Å². The summed E-state index contributed by atoms with van der Waals surface area (Å²) in [7, 11) is 2.73. The average Bonchev–Trinajstić information content (AvgIpc) is 2.57. The van der Waals surface area contributed by atoms with Gasteiger partial charge in [0.15, 0.2) is 0 Å². The van der Waals surface area contributed by atoms with Gasteiger partial charge in [-0.15, -0.1) is 0 Å². The van der Waals surface area contributed by atoms with Gasteiger partial charge in [-0.25, -0.2) is 9.59 Å². The summed E-state index contributed by atoms with van der Waals surface area (Å²) >= 11 is 0. The number of nitrogens with one attached hydrogen (secondary N) is 2. The monoisotopic (exact) mass is 351 g/mol. The van der Waals surface area contributed by atoms with E-state index in [1.807, 2.05) is 13.8 Å². The van der Waals surface area contributed by atoms with Crippen molar-refractivity contribution in [3.05, 3.63) is 29.3 Å². The molecule has 0 aliphatic heterocycles. The first-order valence-corrected chi connectivity index (χ1v) is 7.87. The SMILES string of the molecule is COC(=O)c1cc(CNC(=O)[C@H](CC(C)C)NC(N)=O)ccc1OC. The molecular weight excluding hydrogens is 326 g/mol. The number of ether oxygens (including phenoxy) is 2. The number of esters is 1. The van der Waals surface area contributed by atoms with Gasteiger partial charge >= 0.3 is 12.0 Å². The molecule has 0 aliphatic carbocycles. The summed E-state index contributed by atoms with van der Waals surface area (Å²) in [4.78, 5) is 35.1. The molecule has 138 valence electrons. The summed E-state index contributed by atoms with van der Waals surface area (Å²) in [6.07, 6.45) is 0.463. The van der Waals surface area contributed by atoms with Gasteiger partial charge in [0.1, 0.15) is 17.4 Å². The Kier molecular flexibility index (Phi) is 7.71. The highest BCUT2D eigenvalue weighted by Gasteiger charge is 2.21. The van der Waals surface area contributed by atoms with Crippen LogP contribution in [0.25, 0.3) is 0 Å². The fourth-order valence-electron chi connectivity index (χ4n) is 2.32. The lowest BCUT2D eigenvalue weighted by Gasteiger charge is -2.19. The normalized spacial score (nSPS) is 11.6. The number of rotatable bonds is 8. The van der Waals surface area contributed by atoms with Crippen molar-refractivity contribution in [1.82, 2.24) is 10.6 Å². The molecule has 0 heterocycles. The Bertz CT molecular complexity index is 631. The lowest BCUT2D eigenvalue weighted by atomic mass is 10.0. The first-order valence-electron chi connectivity index (χ1n) is 7.87. The predicted octanol–water partition coefficient (Wildman–Crippen LogP) is 1.18. The van der Waals surface area contributed by atoms with Crippen molar-refractivity contribution < 1.29 is 23.9 Å². The van der Waals surface area contributed by atoms with E-state index < -0.39 is 18.0 Å². The van der Waals surface area contributed by atoms with Gasteiger partial charge in [-0.1, -0.05) is 19.9 Å². The number of carbonyl (C=O) groups excluding carboxylic acids is 3. The zero-order chi connectivity index (χ0) is 19.0. The van der Waals surface area contributed by atoms with Crippen molar-refractivity contribution in [3.8, 4) is 5.75 Å². The highest BCUT2D eigenvalue weighted by Crippen LogP contribution is 2.20. The second-order valence-corrected chi connectivity index (χ2v) is 5.93. The predicted molar refractivity (Wildman–Crippen MR) is 92.1 cm³/mol. The number of benzene rings is 1. The topological polar surface area (TPSA) is 120 Å². The maximum Gasteiger partial charge on any atom is 0.341 e. The maximum atomic E-state index is 12.3. The number of amides is 3. The molecule has 0 saturated carbocycles. The van der Waals surface area contributed by atoms with Crippen LogP contribution in [0.5, 0.6) is 5.75 Å². The molecule has 0 aromatic heterocycles. The molecule has 25 heavy (non-hydrogen) atoms. The van der Waals surface area contributed by atoms with E-state index in [-0.39, 0.29) is 23.9 Å². The van der Waals surface area contributed by atoms with Crippen molar-refractivity contribution in [2.24, 2.45) is 11.7 Å². The number of methoxy groups -OCH3 is 2. The van der Waals surface area contributed by atoms with Crippen LogP contribution in [0.2, 0.25) is 0 Å². The Hall–Kier alpha value is -2.77. The van der Waals surface area contributed by atoms with Crippen LogP contribution in [0, 0.1) is 5.92 Å². The molecule has 0 unspecified atom stereocenters. The Labute approximate surface area is 147 Å². The Morgan fingerprint density at radius 2 is 1.88 bits per heavy atom. The van der Waals surface area contributed by atoms with Gasteiger partial charge < -0.3 is 25.8 Å². The fraction of sp³-hybridized carbons (Fsp3) is 0.471. The first-order chi connectivity index (χ1) is 11.8. The average molecular weight is 351 g/mol. The van der Waals surface area contributed by atoms with Crippen LogP contribution in [-0.2, 0) is 16.1 Å². The van der Waals surface area contributed by atoms with Crippen LogP contribution in [0.4, 0.5) is 4.79 Å². The molecule has 0 bridgehead atoms. The molecular formula is C17H25N3O5. The number of urea groups is 1. The molecule has 1 rings (SSSR count). The molecule has 1 atom stereocenters. The van der Waals surface area contributed by atoms with Gasteiger partial charge in [0, 0.05) is 6.54 Å². The summed E-state index contributed by atoms with van der Waals surface area (Å²) in [5.74, 6) is -0.287. The smallest absolute Gasteiger partial charge is 0.341 e. The van der Waals surface area contributed by atoms with Gasteiger partial charge in [-0.3, -0.25) is 4.79 Å². The Morgan fingerprint density at radius 3 is 2.40 bits per heavy atom. The van der Waals surface area contributed by atoms with Crippen LogP contribution in [0.15, 0.2) is 18.2 Å². The van der Waals surface area contributed by atoms with Crippen molar-refractivity contribution >= 4 is 17.9 Å². The quantitative estimate of drug-likeness (QED) is 0.608. The van der Waals surface area contributed by atoms with Gasteiger partial charge in [0.2, 0.25) is 5.91 Å². The molecule has 4 N–H and O–H groups in total. The standard InChI is InChI=1S/C17H25N3O5/c1-10(2)7-13(20-17(18)23)15(21)19-9-11-5-6-14(24-3)12(8-11)16(22)25-4/h5-6,8,10,13H,7,9H2,1-4H3,(H,19,21)(H3,18,20,23)/t13-/m0/s1. The number of hydrogen-bond acceptors (Lipinski definition) is 5. The van der Waals surface area contributed by atoms with E-state index in [4.69, 9.17) is 15.2 Å². The second kappa shape index (κ2) is 9.51. The number of carbonyl (C=O) groups is 3. The summed E-state index contributed by atoms with van der Waals surface area (Å²) < 4.78 is 9.84. The van der Waals surface area contributed by atoms with E-state index in [9.17, 15) is 14.4 Å². The zero-order valence-electron chi connectivity index (χ0n) is 14.9. The summed E-state index contributed by atoms with van der Waals surface area (Å²) in [5.41, 5.74) is 6.08. The van der Waals surface area contributed by atoms with Gasteiger partial charge in [-0.05, 0) is 30.0 Å². The van der Waals surface area contributed by atoms with Crippen molar-refractivity contribution in [3.63, 3.8) is 0 Å². The van der Waals surface area contributed by atoms with Gasteiger partial charge in [0.05, 0.1) is 14.2 Å². The maximum absolute atomic E-state index is 12.3. The van der Waals surface area contributed by atoms with E-state index in [0.717, 1.165) is 0 Å². The number of nitrogens with two attached hydrogens (primary N) is 1. The molecule has 3 amide bonds. The van der Waals surface area contributed by atoms with Crippen molar-refractivity contribution in [2.45, 2.75) is 32.9 Å². The lowest BCUT2D eigenvalue weighted by Crippen LogP contribution is -2.49. The third-order valence-electron chi connectivity index (χ3n) is 3.48. The minimum atomic E-state index is -0.752. The number of hydrogen-bond donors (Lipinski definition) is 3. The third kappa shape index (κ3) is 6.33. The number of primary amides is 1. The first kappa shape index (κ1) is 20.3. The van der Waals surface area contributed by atoms with Gasteiger partial charge in [0.25, 0.3) is 0 Å². The summed E-state index contributed by atoms with van der Waals surface area (Å²) in [6.45, 7) is 4.06. The molecule has 1 aromatic carbocycles. The van der Waals surface area contributed by atoms with Crippen LogP contribution in [0.3, 0.4) is 0 Å². The second-order valence-electron chi connectivity index (χ2n) is 5.93. The Balaban J connectivity index is 2.83. The molecule has 0 aliphatic rings. The molecule has 8 heteroatoms. The lowest BCUT2D eigenvalue weighted by molar-refractivity contribution is -0.123. The van der Waals surface area contributed by atoms with Crippen molar-refractivity contribution in [2.75, 3.05) is 14.2 Å². The van der Waals surface area contributed by atoms with Crippen molar-refractivity contribution in [1.29, 1.82) is 0 Å². The molecule has 0 radical (unpaired) electrons. The molecule has 0 saturated heterocycles. The van der Waals surface area contributed by atoms with E-state index >= 15 is 0 Å². The minimum absolute atomic E-state index is 0.182. The highest BCUT2D eigenvalue weighted by atomic mass is 16.5. The molecule has 0 fully saturated rings. The molecule has 0 spiro atoms. The van der Waals surface area contributed by atoms with E-state index in [1.54, 1.807) is 18.2 Å². The van der Waals surface area contributed by atoms with E-state index in [2.05, 4.69) is 10.6 Å². The third-order valence-corrected chi connectivity index (χ3v) is 3.48. The largest absolute Gasteiger partial charge is 0.496 e. The van der Waals surface area contributed by atoms with Crippen LogP contribution in [0.1, 0.15) is 36.2 Å². The zero-order valence-corrected chi connectivity index (χ0v) is 14.9. The fourth-order valence-corrected chi connectivity index (χ4v) is 2.32. The van der Waals surface area contributed by atoms with Crippen LogP contribution in [-0.4, -0.2) is 38.2 Å². The summed E-state index contributed by atoms with van der Waals surface area (Å²) in [6, 6.07) is 3.48. The molecule has 1 aromatic rings. The van der Waals surface area contributed by atoms with E-state index in [0.29, 0.717) is 17.7 Å². The Morgan fingerprint density at radius 1 is 1.20 bits per heavy atom. The van der Waals surface area contributed by atoms with E-state index in [1.165, 1.54) is 14.2 Å². The van der Waals surface area contributed by atoms with Crippen LogP contribution >= 0.6 is 0 Å². The van der Waals surface area contributed by atoms with Crippen LogP contribution < -0.4 is 21.1 Å². The highest BCUT2D eigenvalue weighted by molar-refractivity contribution is 5.92. The minimum Gasteiger partial charge on any atom is -0.496 e. The summed E-state index contributed by atoms with van der Waals surface area (Å²) in [5, 5.41) is 5.17.